The van der Waals surface area contributed by atoms with Crippen molar-refractivity contribution in [3.8, 4) is 0 Å². The summed E-state index contributed by atoms with van der Waals surface area (Å²) in [5.41, 5.74) is 0.567. The number of thiazole rings is 1. The van der Waals surface area contributed by atoms with Crippen LogP contribution in [0.25, 0.3) is 0 Å². The van der Waals surface area contributed by atoms with Crippen LogP contribution >= 0.6 is 11.3 Å². The van der Waals surface area contributed by atoms with Crippen LogP contribution in [0.3, 0.4) is 0 Å². The van der Waals surface area contributed by atoms with Gasteiger partial charge in [-0.1, -0.05) is 0 Å². The lowest BCUT2D eigenvalue weighted by Crippen LogP contribution is -2.17. The molecular weight excluding hydrogens is 216 g/mol. The number of hydrogen-bond acceptors (Lipinski definition) is 5. The fourth-order valence-corrected chi connectivity index (χ4v) is 1.72. The van der Waals surface area contributed by atoms with Gasteiger partial charge in [0.05, 0.1) is 18.7 Å². The number of nitrogens with one attached hydrogen (secondary N) is 1. The Hall–Kier alpha value is -1.43. The molecule has 5 nitrogen and oxygen atoms in total. The molecule has 0 aliphatic carbocycles. The van der Waals surface area contributed by atoms with Gasteiger partial charge in [0.15, 0.2) is 5.01 Å². The summed E-state index contributed by atoms with van der Waals surface area (Å²) in [6.45, 7) is 2.10. The maximum atomic E-state index is 11.2. The first-order valence-corrected chi connectivity index (χ1v) is 5.37. The molecule has 0 radical (unpaired) electrons. The number of nitrogens with zero attached hydrogens (tertiary/aromatic N) is 1. The standard InChI is InChI=1S/C9H12N2O3S/c1-3-14-7(12)4-6-5-15-9(11-6)8(13)10-2/h5H,3-4H2,1-2H3,(H,10,13). The van der Waals surface area contributed by atoms with Crippen LogP contribution in [0.2, 0.25) is 0 Å². The Bertz CT molecular complexity index is 362. The quantitative estimate of drug-likeness (QED) is 0.767. The zero-order valence-corrected chi connectivity index (χ0v) is 9.39. The SMILES string of the molecule is CCOC(=O)Cc1csc(C(=O)NC)n1. The van der Waals surface area contributed by atoms with Crippen molar-refractivity contribution in [1.29, 1.82) is 0 Å². The lowest BCUT2D eigenvalue weighted by molar-refractivity contribution is -0.142. The minimum atomic E-state index is -0.328. The van der Waals surface area contributed by atoms with E-state index in [2.05, 4.69) is 10.3 Å². The van der Waals surface area contributed by atoms with Crippen LogP contribution in [0.15, 0.2) is 5.38 Å². The molecule has 0 atom stereocenters. The molecule has 0 aromatic carbocycles. The monoisotopic (exact) mass is 228 g/mol. The average molecular weight is 228 g/mol. The molecule has 0 aliphatic rings. The highest BCUT2D eigenvalue weighted by Crippen LogP contribution is 2.10. The molecule has 1 rings (SSSR count). The van der Waals surface area contributed by atoms with Crippen molar-refractivity contribution in [2.45, 2.75) is 13.3 Å². The third kappa shape index (κ3) is 3.32. The second-order valence-electron chi connectivity index (χ2n) is 2.70. The van der Waals surface area contributed by atoms with E-state index in [9.17, 15) is 9.59 Å². The predicted octanol–water partition coefficient (Wildman–Crippen LogP) is 0.608. The summed E-state index contributed by atoms with van der Waals surface area (Å²) in [4.78, 5) is 26.3. The number of esters is 1. The Morgan fingerprint density at radius 1 is 1.60 bits per heavy atom. The molecular formula is C9H12N2O3S. The summed E-state index contributed by atoms with van der Waals surface area (Å²) in [6, 6.07) is 0. The Kier molecular flexibility index (Phi) is 4.23. The van der Waals surface area contributed by atoms with Crippen molar-refractivity contribution in [1.82, 2.24) is 10.3 Å². The van der Waals surface area contributed by atoms with Gasteiger partial charge in [-0.15, -0.1) is 11.3 Å². The molecule has 0 bridgehead atoms. The lowest BCUT2D eigenvalue weighted by Gasteiger charge is -1.97. The van der Waals surface area contributed by atoms with Gasteiger partial charge in [-0.05, 0) is 6.92 Å². The van der Waals surface area contributed by atoms with Crippen LogP contribution < -0.4 is 5.32 Å². The molecule has 1 aromatic heterocycles. The molecule has 6 heteroatoms. The summed E-state index contributed by atoms with van der Waals surface area (Å²) >= 11 is 1.21. The first kappa shape index (κ1) is 11.6. The smallest absolute Gasteiger partial charge is 0.311 e. The topological polar surface area (TPSA) is 68.3 Å². The highest BCUT2D eigenvalue weighted by Gasteiger charge is 2.11. The number of amides is 1. The first-order valence-electron chi connectivity index (χ1n) is 4.49. The highest BCUT2D eigenvalue weighted by molar-refractivity contribution is 7.11. The van der Waals surface area contributed by atoms with Gasteiger partial charge < -0.3 is 10.1 Å². The summed E-state index contributed by atoms with van der Waals surface area (Å²) in [5.74, 6) is -0.568. The average Bonchev–Trinajstić information content (AvgIpc) is 2.65. The fraction of sp³-hybridized carbons (Fsp3) is 0.444. The molecule has 1 N–H and O–H groups in total. The second kappa shape index (κ2) is 5.45. The predicted molar refractivity (Wildman–Crippen MR) is 55.8 cm³/mol. The number of rotatable bonds is 4. The van der Waals surface area contributed by atoms with Gasteiger partial charge >= 0.3 is 5.97 Å². The minimum Gasteiger partial charge on any atom is -0.466 e. The van der Waals surface area contributed by atoms with E-state index in [1.54, 1.807) is 12.3 Å². The van der Waals surface area contributed by atoms with Crippen molar-refractivity contribution in [3.63, 3.8) is 0 Å². The second-order valence-corrected chi connectivity index (χ2v) is 3.56. The van der Waals surface area contributed by atoms with E-state index in [1.807, 2.05) is 0 Å². The minimum absolute atomic E-state index is 0.112. The summed E-state index contributed by atoms with van der Waals surface area (Å²) in [6.07, 6.45) is 0.112. The Labute approximate surface area is 91.5 Å². The van der Waals surface area contributed by atoms with E-state index in [1.165, 1.54) is 18.4 Å². The van der Waals surface area contributed by atoms with Gasteiger partial charge in [0.2, 0.25) is 0 Å². The van der Waals surface area contributed by atoms with Crippen LogP contribution in [0.1, 0.15) is 22.4 Å². The van der Waals surface area contributed by atoms with E-state index in [4.69, 9.17) is 4.74 Å². The largest absolute Gasteiger partial charge is 0.466 e. The summed E-state index contributed by atoms with van der Waals surface area (Å²) in [5, 5.41) is 4.51. The Morgan fingerprint density at radius 3 is 2.93 bits per heavy atom. The molecule has 15 heavy (non-hydrogen) atoms. The lowest BCUT2D eigenvalue weighted by atomic mass is 10.3. The molecule has 1 amide bonds. The molecule has 0 saturated heterocycles. The van der Waals surface area contributed by atoms with E-state index in [0.29, 0.717) is 17.3 Å². The van der Waals surface area contributed by atoms with Crippen molar-refractivity contribution in [2.75, 3.05) is 13.7 Å². The summed E-state index contributed by atoms with van der Waals surface area (Å²) in [7, 11) is 1.54. The fourth-order valence-electron chi connectivity index (χ4n) is 0.959. The number of aromatic nitrogens is 1. The molecule has 1 aromatic rings. The van der Waals surface area contributed by atoms with Crippen molar-refractivity contribution in [3.05, 3.63) is 16.1 Å². The van der Waals surface area contributed by atoms with Gasteiger partial charge in [0, 0.05) is 12.4 Å². The number of carbonyl (C=O) groups excluding carboxylic acids is 2. The molecule has 0 fully saturated rings. The maximum absolute atomic E-state index is 11.2. The number of hydrogen-bond donors (Lipinski definition) is 1. The third-order valence-electron chi connectivity index (χ3n) is 1.60. The van der Waals surface area contributed by atoms with Gasteiger partial charge in [0.1, 0.15) is 0 Å². The van der Waals surface area contributed by atoms with Crippen molar-refractivity contribution >= 4 is 23.2 Å². The van der Waals surface area contributed by atoms with Gasteiger partial charge in [-0.25, -0.2) is 4.98 Å². The highest BCUT2D eigenvalue weighted by atomic mass is 32.1. The normalized spacial score (nSPS) is 9.73. The molecule has 0 aliphatic heterocycles. The maximum Gasteiger partial charge on any atom is 0.311 e. The van der Waals surface area contributed by atoms with E-state index < -0.39 is 0 Å². The molecule has 0 spiro atoms. The number of carbonyl (C=O) groups is 2. The van der Waals surface area contributed by atoms with Crippen LogP contribution in [-0.4, -0.2) is 30.5 Å². The van der Waals surface area contributed by atoms with Crippen LogP contribution in [0.5, 0.6) is 0 Å². The van der Waals surface area contributed by atoms with E-state index >= 15 is 0 Å². The van der Waals surface area contributed by atoms with Crippen molar-refractivity contribution < 1.29 is 14.3 Å². The van der Waals surface area contributed by atoms with Crippen LogP contribution in [-0.2, 0) is 16.0 Å². The Balaban J connectivity index is 2.60. The third-order valence-corrected chi connectivity index (χ3v) is 2.49. The van der Waals surface area contributed by atoms with Gasteiger partial charge in [-0.3, -0.25) is 9.59 Å². The van der Waals surface area contributed by atoms with E-state index in [0.717, 1.165) is 0 Å². The van der Waals surface area contributed by atoms with Gasteiger partial charge in [-0.2, -0.15) is 0 Å². The van der Waals surface area contributed by atoms with Crippen LogP contribution in [0, 0.1) is 0 Å². The molecule has 0 saturated carbocycles. The number of ether oxygens (including phenoxy) is 1. The molecule has 0 unspecified atom stereocenters. The van der Waals surface area contributed by atoms with Crippen molar-refractivity contribution in [2.24, 2.45) is 0 Å². The van der Waals surface area contributed by atoms with Crippen LogP contribution in [0.4, 0.5) is 0 Å². The zero-order chi connectivity index (χ0) is 11.3. The molecule has 82 valence electrons. The Morgan fingerprint density at radius 2 is 2.33 bits per heavy atom. The van der Waals surface area contributed by atoms with Gasteiger partial charge in [0.25, 0.3) is 5.91 Å². The summed E-state index contributed by atoms with van der Waals surface area (Å²) < 4.78 is 4.77. The zero-order valence-electron chi connectivity index (χ0n) is 8.57. The van der Waals surface area contributed by atoms with E-state index in [-0.39, 0.29) is 18.3 Å². The molecule has 1 heterocycles. The first-order chi connectivity index (χ1) is 7.17.